The zero-order chi connectivity index (χ0) is 14.3. The van der Waals surface area contributed by atoms with Gasteiger partial charge >= 0.3 is 0 Å². The minimum absolute atomic E-state index is 0.730. The highest BCUT2D eigenvalue weighted by atomic mass is 79.9. The van der Waals surface area contributed by atoms with Crippen molar-refractivity contribution in [3.8, 4) is 0 Å². The van der Waals surface area contributed by atoms with E-state index in [2.05, 4.69) is 63.0 Å². The standard InChI is InChI=1S/C15H15BrClN3/c1-3-20-14(15(17)10(2)18-20)9-19-7-6-11-4-5-12(16)8-13(11)19/h4-8H,3,9H2,1-2H3. The summed E-state index contributed by atoms with van der Waals surface area (Å²) < 4.78 is 5.26. The normalized spacial score (nSPS) is 11.4. The van der Waals surface area contributed by atoms with Gasteiger partial charge in [-0.3, -0.25) is 4.68 Å². The Kier molecular flexibility index (Phi) is 3.61. The average Bonchev–Trinajstić information content (AvgIpc) is 2.95. The number of benzene rings is 1. The van der Waals surface area contributed by atoms with Gasteiger partial charge in [0.15, 0.2) is 0 Å². The van der Waals surface area contributed by atoms with Crippen LogP contribution in [0.1, 0.15) is 18.3 Å². The van der Waals surface area contributed by atoms with Gasteiger partial charge in [0.25, 0.3) is 0 Å². The lowest BCUT2D eigenvalue weighted by atomic mass is 10.2. The fourth-order valence-electron chi connectivity index (χ4n) is 2.48. The minimum Gasteiger partial charge on any atom is -0.341 e. The van der Waals surface area contributed by atoms with Crippen LogP contribution >= 0.6 is 27.5 Å². The molecule has 0 aliphatic heterocycles. The molecule has 0 spiro atoms. The largest absolute Gasteiger partial charge is 0.341 e. The molecular formula is C15H15BrClN3. The van der Waals surface area contributed by atoms with Crippen molar-refractivity contribution in [2.45, 2.75) is 26.9 Å². The molecule has 0 atom stereocenters. The average molecular weight is 353 g/mol. The number of aromatic nitrogens is 3. The molecule has 0 N–H and O–H groups in total. The topological polar surface area (TPSA) is 22.8 Å². The lowest BCUT2D eigenvalue weighted by molar-refractivity contribution is 0.602. The van der Waals surface area contributed by atoms with Crippen LogP contribution < -0.4 is 0 Å². The minimum atomic E-state index is 0.730. The Balaban J connectivity index is 2.07. The summed E-state index contributed by atoms with van der Waals surface area (Å²) >= 11 is 9.91. The Morgan fingerprint density at radius 3 is 2.85 bits per heavy atom. The van der Waals surface area contributed by atoms with Crippen molar-refractivity contribution < 1.29 is 0 Å². The molecule has 20 heavy (non-hydrogen) atoms. The molecule has 0 aliphatic rings. The molecule has 3 aromatic rings. The molecule has 0 radical (unpaired) electrons. The van der Waals surface area contributed by atoms with Crippen LogP contribution in [0.5, 0.6) is 0 Å². The molecule has 0 saturated carbocycles. The SMILES string of the molecule is CCn1nc(C)c(Cl)c1Cn1ccc2ccc(Br)cc21. The molecule has 0 fully saturated rings. The highest BCUT2D eigenvalue weighted by Crippen LogP contribution is 2.25. The summed E-state index contributed by atoms with van der Waals surface area (Å²) in [6.45, 7) is 5.58. The zero-order valence-corrected chi connectivity index (χ0v) is 13.7. The van der Waals surface area contributed by atoms with Crippen LogP contribution in [0.15, 0.2) is 34.9 Å². The number of halogens is 2. The first-order valence-electron chi connectivity index (χ1n) is 6.56. The predicted molar refractivity (Wildman–Crippen MR) is 86.4 cm³/mol. The van der Waals surface area contributed by atoms with Crippen molar-refractivity contribution in [3.63, 3.8) is 0 Å². The van der Waals surface area contributed by atoms with E-state index in [-0.39, 0.29) is 0 Å². The smallest absolute Gasteiger partial charge is 0.0865 e. The molecule has 0 bridgehead atoms. The molecule has 3 nitrogen and oxygen atoms in total. The molecular weight excluding hydrogens is 338 g/mol. The summed E-state index contributed by atoms with van der Waals surface area (Å²) in [5, 5.41) is 6.46. The highest BCUT2D eigenvalue weighted by molar-refractivity contribution is 9.10. The van der Waals surface area contributed by atoms with E-state index in [0.29, 0.717) is 0 Å². The van der Waals surface area contributed by atoms with E-state index in [4.69, 9.17) is 11.6 Å². The molecule has 104 valence electrons. The second-order valence-corrected chi connectivity index (χ2v) is 6.10. The monoisotopic (exact) mass is 351 g/mol. The van der Waals surface area contributed by atoms with E-state index >= 15 is 0 Å². The van der Waals surface area contributed by atoms with Gasteiger partial charge < -0.3 is 4.57 Å². The van der Waals surface area contributed by atoms with Crippen LogP contribution in [0.4, 0.5) is 0 Å². The highest BCUT2D eigenvalue weighted by Gasteiger charge is 2.13. The fraction of sp³-hybridized carbons (Fsp3) is 0.267. The second-order valence-electron chi connectivity index (χ2n) is 4.81. The zero-order valence-electron chi connectivity index (χ0n) is 11.4. The summed E-state index contributed by atoms with van der Waals surface area (Å²) in [6.07, 6.45) is 2.09. The van der Waals surface area contributed by atoms with Crippen molar-refractivity contribution >= 4 is 38.4 Å². The Morgan fingerprint density at radius 2 is 2.10 bits per heavy atom. The van der Waals surface area contributed by atoms with Crippen molar-refractivity contribution in [2.24, 2.45) is 0 Å². The van der Waals surface area contributed by atoms with Gasteiger partial charge in [-0.05, 0) is 37.4 Å². The maximum atomic E-state index is 6.39. The first kappa shape index (κ1) is 13.7. The predicted octanol–water partition coefficient (Wildman–Crippen LogP) is 4.63. The van der Waals surface area contributed by atoms with Crippen LogP contribution in [0.2, 0.25) is 5.02 Å². The van der Waals surface area contributed by atoms with E-state index in [0.717, 1.165) is 34.0 Å². The molecule has 3 rings (SSSR count). The van der Waals surface area contributed by atoms with Gasteiger partial charge in [0, 0.05) is 22.7 Å². The molecule has 0 unspecified atom stereocenters. The van der Waals surface area contributed by atoms with E-state index in [9.17, 15) is 0 Å². The Bertz CT molecular complexity index is 773. The van der Waals surface area contributed by atoms with E-state index in [1.807, 2.05) is 11.6 Å². The maximum absolute atomic E-state index is 6.39. The fourth-order valence-corrected chi connectivity index (χ4v) is 3.02. The van der Waals surface area contributed by atoms with Gasteiger partial charge in [-0.2, -0.15) is 5.10 Å². The van der Waals surface area contributed by atoms with Crippen molar-refractivity contribution in [3.05, 3.63) is 51.3 Å². The quantitative estimate of drug-likeness (QED) is 0.674. The van der Waals surface area contributed by atoms with Crippen LogP contribution in [0.3, 0.4) is 0 Å². The third-order valence-corrected chi connectivity index (χ3v) is 4.49. The van der Waals surface area contributed by atoms with Crippen LogP contribution in [-0.4, -0.2) is 14.3 Å². The van der Waals surface area contributed by atoms with Gasteiger partial charge in [0.1, 0.15) is 0 Å². The summed E-state index contributed by atoms with van der Waals surface area (Å²) in [6, 6.07) is 8.41. The lowest BCUT2D eigenvalue weighted by Crippen LogP contribution is -2.07. The first-order chi connectivity index (χ1) is 9.60. The number of fused-ring (bicyclic) bond motifs is 1. The van der Waals surface area contributed by atoms with E-state index in [1.54, 1.807) is 0 Å². The number of hydrogen-bond acceptors (Lipinski definition) is 1. The summed E-state index contributed by atoms with van der Waals surface area (Å²) in [5.41, 5.74) is 3.14. The van der Waals surface area contributed by atoms with Gasteiger partial charge in [0.05, 0.1) is 23.0 Å². The van der Waals surface area contributed by atoms with Crippen molar-refractivity contribution in [2.75, 3.05) is 0 Å². The third-order valence-electron chi connectivity index (χ3n) is 3.51. The number of rotatable bonds is 3. The molecule has 0 amide bonds. The Hall–Kier alpha value is -1.26. The van der Waals surface area contributed by atoms with E-state index < -0.39 is 0 Å². The van der Waals surface area contributed by atoms with Gasteiger partial charge in [-0.25, -0.2) is 0 Å². The van der Waals surface area contributed by atoms with E-state index in [1.165, 1.54) is 10.9 Å². The summed E-state index contributed by atoms with van der Waals surface area (Å²) in [7, 11) is 0. The van der Waals surface area contributed by atoms with Crippen LogP contribution in [0.25, 0.3) is 10.9 Å². The summed E-state index contributed by atoms with van der Waals surface area (Å²) in [5.74, 6) is 0. The van der Waals surface area contributed by atoms with Gasteiger partial charge in [-0.15, -0.1) is 0 Å². The number of nitrogens with zero attached hydrogens (tertiary/aromatic N) is 3. The van der Waals surface area contributed by atoms with Gasteiger partial charge in [0.2, 0.25) is 0 Å². The lowest BCUT2D eigenvalue weighted by Gasteiger charge is -2.08. The molecule has 0 saturated heterocycles. The first-order valence-corrected chi connectivity index (χ1v) is 7.73. The second kappa shape index (κ2) is 5.26. The molecule has 2 heterocycles. The maximum Gasteiger partial charge on any atom is 0.0865 e. The van der Waals surface area contributed by atoms with Crippen LogP contribution in [-0.2, 0) is 13.1 Å². The molecule has 5 heteroatoms. The molecule has 0 aliphatic carbocycles. The Morgan fingerprint density at radius 1 is 1.30 bits per heavy atom. The van der Waals surface area contributed by atoms with Gasteiger partial charge in [-0.1, -0.05) is 33.6 Å². The van der Waals surface area contributed by atoms with Crippen molar-refractivity contribution in [1.29, 1.82) is 0 Å². The summed E-state index contributed by atoms with van der Waals surface area (Å²) in [4.78, 5) is 0. The van der Waals surface area contributed by atoms with Crippen molar-refractivity contribution in [1.82, 2.24) is 14.3 Å². The Labute approximate surface area is 131 Å². The van der Waals surface area contributed by atoms with Crippen LogP contribution in [0, 0.1) is 6.92 Å². The molecule has 1 aromatic carbocycles. The number of aryl methyl sites for hydroxylation is 2. The third kappa shape index (κ3) is 2.27. The molecule has 2 aromatic heterocycles. The number of hydrogen-bond donors (Lipinski definition) is 0.